The number of allylic oxidation sites excluding steroid dienone is 3. The van der Waals surface area contributed by atoms with Gasteiger partial charge >= 0.3 is 5.97 Å². The van der Waals surface area contributed by atoms with E-state index in [2.05, 4.69) is 32.1 Å². The Bertz CT molecular complexity index is 698. The predicted molar refractivity (Wildman–Crippen MR) is 121 cm³/mol. The van der Waals surface area contributed by atoms with Gasteiger partial charge in [-0.2, -0.15) is 0 Å². The lowest BCUT2D eigenvalue weighted by Crippen LogP contribution is -2.43. The van der Waals surface area contributed by atoms with Crippen LogP contribution in [0.1, 0.15) is 73.1 Å². The summed E-state index contributed by atoms with van der Waals surface area (Å²) < 4.78 is 6.11. The van der Waals surface area contributed by atoms with Gasteiger partial charge in [0, 0.05) is 5.92 Å². The number of fused-ring (bicyclic) bond motifs is 1. The summed E-state index contributed by atoms with van der Waals surface area (Å²) in [5, 5.41) is 20.3. The summed E-state index contributed by atoms with van der Waals surface area (Å²) in [4.78, 5) is 23.8. The first-order valence-corrected chi connectivity index (χ1v) is 11.7. The Morgan fingerprint density at radius 1 is 1.26 bits per heavy atom. The third-order valence-electron chi connectivity index (χ3n) is 7.10. The molecule has 0 heterocycles. The number of carbonyl (C=O) groups excluding carboxylic acids is 2. The molecule has 0 radical (unpaired) electrons. The lowest BCUT2D eigenvalue weighted by Gasteiger charge is -2.44. The van der Waals surface area contributed by atoms with Crippen LogP contribution in [0, 0.1) is 29.1 Å². The Hall–Kier alpha value is -1.66. The van der Waals surface area contributed by atoms with Gasteiger partial charge in [-0.1, -0.05) is 39.0 Å². The second-order valence-electron chi connectivity index (χ2n) is 10.3. The summed E-state index contributed by atoms with van der Waals surface area (Å²) in [5.74, 6) is 0.242. The fraction of sp³-hybridized carbons (Fsp3) is 0.760. The number of rotatable bonds is 10. The first-order valence-electron chi connectivity index (χ1n) is 11.7. The van der Waals surface area contributed by atoms with Crippen molar-refractivity contribution in [2.75, 3.05) is 0 Å². The Labute approximate surface area is 186 Å². The van der Waals surface area contributed by atoms with Crippen LogP contribution in [0.3, 0.4) is 0 Å². The lowest BCUT2D eigenvalue weighted by molar-refractivity contribution is -0.164. The smallest absolute Gasteiger partial charge is 0.311 e. The van der Waals surface area contributed by atoms with Crippen LogP contribution in [0.4, 0.5) is 0 Å². The molecule has 176 valence electrons. The quantitative estimate of drug-likeness (QED) is 0.455. The summed E-state index contributed by atoms with van der Waals surface area (Å²) in [6.45, 7) is 10.2. The fourth-order valence-electron chi connectivity index (χ4n) is 4.80. The molecule has 6 heteroatoms. The number of primary amides is 1. The van der Waals surface area contributed by atoms with Gasteiger partial charge in [-0.15, -0.1) is 0 Å². The maximum Gasteiger partial charge on any atom is 0.311 e. The van der Waals surface area contributed by atoms with Crippen molar-refractivity contribution < 1.29 is 24.5 Å². The normalized spacial score (nSPS) is 30.2. The molecule has 2 aliphatic carbocycles. The zero-order chi connectivity index (χ0) is 23.3. The van der Waals surface area contributed by atoms with Crippen LogP contribution in [0.15, 0.2) is 23.8 Å². The molecule has 0 fully saturated rings. The number of nitrogens with two attached hydrogens (primary N) is 1. The predicted octanol–water partition coefficient (Wildman–Crippen LogP) is 3.51. The summed E-state index contributed by atoms with van der Waals surface area (Å²) in [6, 6.07) is 0. The minimum atomic E-state index is -0.924. The second-order valence-corrected chi connectivity index (χ2v) is 10.3. The Balaban J connectivity index is 2.12. The van der Waals surface area contributed by atoms with Gasteiger partial charge in [-0.05, 0) is 69.3 Å². The summed E-state index contributed by atoms with van der Waals surface area (Å²) in [6.07, 6.45) is 7.62. The van der Waals surface area contributed by atoms with Crippen LogP contribution in [0.5, 0.6) is 0 Å². The van der Waals surface area contributed by atoms with Gasteiger partial charge in [0.25, 0.3) is 0 Å². The van der Waals surface area contributed by atoms with E-state index in [9.17, 15) is 19.8 Å². The largest absolute Gasteiger partial charge is 0.461 e. The van der Waals surface area contributed by atoms with E-state index in [-0.39, 0.29) is 36.8 Å². The van der Waals surface area contributed by atoms with E-state index >= 15 is 0 Å². The highest BCUT2D eigenvalue weighted by molar-refractivity contribution is 5.76. The zero-order valence-corrected chi connectivity index (χ0v) is 19.7. The number of esters is 1. The molecule has 0 aromatic rings. The molecule has 0 bridgehead atoms. The topological polar surface area (TPSA) is 110 Å². The molecule has 0 saturated heterocycles. The summed E-state index contributed by atoms with van der Waals surface area (Å²) in [5.41, 5.74) is 5.83. The van der Waals surface area contributed by atoms with Gasteiger partial charge in [0.15, 0.2) is 0 Å². The molecule has 0 aromatic heterocycles. The van der Waals surface area contributed by atoms with E-state index < -0.39 is 23.5 Å². The highest BCUT2D eigenvalue weighted by Crippen LogP contribution is 2.45. The van der Waals surface area contributed by atoms with Crippen LogP contribution >= 0.6 is 0 Å². The molecule has 1 amide bonds. The third-order valence-corrected chi connectivity index (χ3v) is 7.10. The Morgan fingerprint density at radius 3 is 2.55 bits per heavy atom. The average Bonchev–Trinajstić information content (AvgIpc) is 2.66. The minimum absolute atomic E-state index is 0.107. The van der Waals surface area contributed by atoms with Gasteiger partial charge < -0.3 is 20.7 Å². The molecule has 4 N–H and O–H groups in total. The highest BCUT2D eigenvalue weighted by atomic mass is 16.5. The van der Waals surface area contributed by atoms with Crippen LogP contribution in [0.25, 0.3) is 0 Å². The van der Waals surface area contributed by atoms with E-state index in [1.807, 2.05) is 20.8 Å². The van der Waals surface area contributed by atoms with Gasteiger partial charge in [-0.25, -0.2) is 0 Å². The molecule has 0 spiro atoms. The summed E-state index contributed by atoms with van der Waals surface area (Å²) >= 11 is 0. The number of carbonyl (C=O) groups is 2. The fourth-order valence-corrected chi connectivity index (χ4v) is 4.80. The van der Waals surface area contributed by atoms with Gasteiger partial charge in [0.1, 0.15) is 6.10 Å². The molecule has 7 atom stereocenters. The van der Waals surface area contributed by atoms with Crippen molar-refractivity contribution in [3.05, 3.63) is 23.8 Å². The van der Waals surface area contributed by atoms with Crippen molar-refractivity contribution in [1.82, 2.24) is 0 Å². The molecular weight excluding hydrogens is 394 g/mol. The molecule has 1 unspecified atom stereocenters. The molecular formula is C25H41NO5. The second kappa shape index (κ2) is 10.8. The van der Waals surface area contributed by atoms with E-state index in [0.29, 0.717) is 18.3 Å². The SMILES string of the molecule is CCC(C)(C)C(=O)O[C@H]1C[C@@H](C)C=C2C=C[C@H](C)[C@H](CC[C@@H](O)C[C@@H](O)CC(N)=O)C21. The molecule has 31 heavy (non-hydrogen) atoms. The van der Waals surface area contributed by atoms with Crippen LogP contribution < -0.4 is 5.73 Å². The van der Waals surface area contributed by atoms with Crippen molar-refractivity contribution in [1.29, 1.82) is 0 Å². The highest BCUT2D eigenvalue weighted by Gasteiger charge is 2.42. The van der Waals surface area contributed by atoms with E-state index in [1.54, 1.807) is 0 Å². The molecule has 2 aliphatic rings. The molecule has 0 aliphatic heterocycles. The van der Waals surface area contributed by atoms with Crippen molar-refractivity contribution in [3.63, 3.8) is 0 Å². The van der Waals surface area contributed by atoms with Crippen molar-refractivity contribution in [2.45, 2.75) is 91.5 Å². The van der Waals surface area contributed by atoms with Crippen molar-refractivity contribution >= 4 is 11.9 Å². The number of ether oxygens (including phenoxy) is 1. The summed E-state index contributed by atoms with van der Waals surface area (Å²) in [7, 11) is 0. The maximum atomic E-state index is 12.8. The van der Waals surface area contributed by atoms with Crippen molar-refractivity contribution in [3.8, 4) is 0 Å². The number of hydrogen-bond acceptors (Lipinski definition) is 5. The molecule has 0 saturated carbocycles. The van der Waals surface area contributed by atoms with E-state index in [4.69, 9.17) is 10.5 Å². The van der Waals surface area contributed by atoms with Gasteiger partial charge in [-0.3, -0.25) is 9.59 Å². The third kappa shape index (κ3) is 6.91. The van der Waals surface area contributed by atoms with Gasteiger partial charge in [0.2, 0.25) is 5.91 Å². The van der Waals surface area contributed by atoms with Crippen molar-refractivity contribution in [2.24, 2.45) is 34.8 Å². The molecule has 6 nitrogen and oxygen atoms in total. The Kier molecular flexibility index (Phi) is 8.90. The maximum absolute atomic E-state index is 12.8. The van der Waals surface area contributed by atoms with Crippen LogP contribution in [-0.4, -0.2) is 40.4 Å². The monoisotopic (exact) mass is 435 g/mol. The first kappa shape index (κ1) is 25.6. The number of aliphatic hydroxyl groups excluding tert-OH is 2. The lowest BCUT2D eigenvalue weighted by atomic mass is 9.65. The number of amides is 1. The van der Waals surface area contributed by atoms with Gasteiger partial charge in [0.05, 0.1) is 24.0 Å². The van der Waals surface area contributed by atoms with E-state index in [1.165, 1.54) is 5.57 Å². The standard InChI is InChI=1S/C25H41NO5/c1-6-25(4,5)24(30)31-21-12-15(2)11-17-8-7-16(3)20(23(17)21)10-9-18(27)13-19(28)14-22(26)29/h7-8,11,15-16,18-21,23,27-28H,6,9-10,12-14H2,1-5H3,(H2,26,29)/t15-,16-,18+,19+,20-,21-,23?/m0/s1. The molecule has 0 aromatic carbocycles. The number of hydrogen-bond donors (Lipinski definition) is 3. The Morgan fingerprint density at radius 2 is 1.94 bits per heavy atom. The van der Waals surface area contributed by atoms with Crippen LogP contribution in [-0.2, 0) is 14.3 Å². The number of aliphatic hydroxyl groups is 2. The first-order chi connectivity index (χ1) is 14.4. The van der Waals surface area contributed by atoms with E-state index in [0.717, 1.165) is 19.3 Å². The zero-order valence-electron chi connectivity index (χ0n) is 19.7. The molecule has 2 rings (SSSR count). The average molecular weight is 436 g/mol. The van der Waals surface area contributed by atoms with Crippen LogP contribution in [0.2, 0.25) is 0 Å². The minimum Gasteiger partial charge on any atom is -0.461 e.